The molecule has 0 aliphatic rings. The van der Waals surface area contributed by atoms with Gasteiger partial charge in [0.2, 0.25) is 0 Å². The van der Waals surface area contributed by atoms with Gasteiger partial charge in [0.15, 0.2) is 0 Å². The highest BCUT2D eigenvalue weighted by Crippen LogP contribution is 2.36. The molecule has 2 aromatic rings. The molecule has 0 saturated heterocycles. The molecule has 6 heteroatoms. The first-order valence-corrected chi connectivity index (χ1v) is 7.20. The summed E-state index contributed by atoms with van der Waals surface area (Å²) in [5.74, 6) is 0.331. The number of hydrogen-bond donors (Lipinski definition) is 1. The van der Waals surface area contributed by atoms with Crippen molar-refractivity contribution < 1.29 is 18.3 Å². The Hall–Kier alpha value is -1.82. The highest BCUT2D eigenvalue weighted by Gasteiger charge is 2.35. The third-order valence-corrected chi connectivity index (χ3v) is 3.70. The number of aliphatic hydroxyl groups is 1. The Labute approximate surface area is 127 Å². The molecule has 3 nitrogen and oxygen atoms in total. The molecule has 1 aromatic heterocycles. The van der Waals surface area contributed by atoms with Gasteiger partial charge < -0.3 is 9.67 Å². The summed E-state index contributed by atoms with van der Waals surface area (Å²) in [5, 5.41) is 10.5. The van der Waals surface area contributed by atoms with Crippen molar-refractivity contribution in [3.63, 3.8) is 0 Å². The molecule has 120 valence electrons. The molecular weight excluding hydrogens is 293 g/mol. The number of aliphatic hydroxyl groups excluding tert-OH is 1. The average molecular weight is 312 g/mol. The van der Waals surface area contributed by atoms with Crippen LogP contribution in [0.1, 0.15) is 48.4 Å². The van der Waals surface area contributed by atoms with E-state index in [-0.39, 0.29) is 17.5 Å². The zero-order chi connectivity index (χ0) is 16.3. The summed E-state index contributed by atoms with van der Waals surface area (Å²) in [7, 11) is 1.70. The Balaban J connectivity index is 2.52. The summed E-state index contributed by atoms with van der Waals surface area (Å²) in [4.78, 5) is 4.04. The van der Waals surface area contributed by atoms with Crippen LogP contribution in [-0.2, 0) is 19.6 Å². The lowest BCUT2D eigenvalue weighted by Crippen LogP contribution is -2.15. The lowest BCUT2D eigenvalue weighted by Gasteiger charge is -2.20. The van der Waals surface area contributed by atoms with Crippen LogP contribution in [0, 0.1) is 0 Å². The fourth-order valence-electron chi connectivity index (χ4n) is 2.54. The Morgan fingerprint density at radius 3 is 2.59 bits per heavy atom. The molecule has 0 aliphatic carbocycles. The lowest BCUT2D eigenvalue weighted by atomic mass is 9.92. The predicted octanol–water partition coefficient (Wildman–Crippen LogP) is 3.86. The maximum atomic E-state index is 13.2. The highest BCUT2D eigenvalue weighted by atomic mass is 19.4. The van der Waals surface area contributed by atoms with Crippen LogP contribution in [0.25, 0.3) is 0 Å². The second-order valence-corrected chi connectivity index (χ2v) is 5.27. The zero-order valence-corrected chi connectivity index (χ0v) is 12.6. The normalized spacial score (nSPS) is 13.4. The van der Waals surface area contributed by atoms with Crippen molar-refractivity contribution in [3.05, 3.63) is 53.1 Å². The van der Waals surface area contributed by atoms with Gasteiger partial charge >= 0.3 is 6.18 Å². The summed E-state index contributed by atoms with van der Waals surface area (Å²) >= 11 is 0. The lowest BCUT2D eigenvalue weighted by molar-refractivity contribution is -0.138. The third-order valence-electron chi connectivity index (χ3n) is 3.70. The van der Waals surface area contributed by atoms with Gasteiger partial charge in [0.05, 0.1) is 5.56 Å². The minimum atomic E-state index is -4.43. The number of aryl methyl sites for hydroxylation is 1. The number of imidazole rings is 1. The van der Waals surface area contributed by atoms with Crippen LogP contribution in [0.15, 0.2) is 30.6 Å². The summed E-state index contributed by atoms with van der Waals surface area (Å²) in [5.41, 5.74) is -0.239. The van der Waals surface area contributed by atoms with Crippen LogP contribution < -0.4 is 0 Å². The maximum absolute atomic E-state index is 13.2. The number of aromatic nitrogens is 2. The Bertz CT molecular complexity index is 635. The van der Waals surface area contributed by atoms with Crippen molar-refractivity contribution in [2.75, 3.05) is 0 Å². The maximum Gasteiger partial charge on any atom is 0.416 e. The second kappa shape index (κ2) is 6.52. The standard InChI is InChI=1S/C16H19F3N2O/c1-3-4-6-11-12(7-5-8-13(11)16(17,18)19)14(22)15-20-9-10-21(15)2/h5,7-10,14,22H,3-4,6H2,1-2H3. The van der Waals surface area contributed by atoms with E-state index in [9.17, 15) is 18.3 Å². The summed E-state index contributed by atoms with van der Waals surface area (Å²) in [6, 6.07) is 3.94. The number of alkyl halides is 3. The Morgan fingerprint density at radius 2 is 2.05 bits per heavy atom. The number of nitrogens with zero attached hydrogens (tertiary/aromatic N) is 2. The van der Waals surface area contributed by atoms with Gasteiger partial charge in [-0.2, -0.15) is 13.2 Å². The number of rotatable bonds is 5. The van der Waals surface area contributed by atoms with Crippen LogP contribution in [-0.4, -0.2) is 14.7 Å². The number of hydrogen-bond acceptors (Lipinski definition) is 2. The van der Waals surface area contributed by atoms with Gasteiger partial charge in [0.25, 0.3) is 0 Å². The van der Waals surface area contributed by atoms with Gasteiger partial charge in [0.1, 0.15) is 11.9 Å². The molecule has 22 heavy (non-hydrogen) atoms. The monoisotopic (exact) mass is 312 g/mol. The van der Waals surface area contributed by atoms with E-state index >= 15 is 0 Å². The number of unbranched alkanes of at least 4 members (excludes halogenated alkanes) is 1. The second-order valence-electron chi connectivity index (χ2n) is 5.27. The zero-order valence-electron chi connectivity index (χ0n) is 12.6. The molecule has 1 N–H and O–H groups in total. The fourth-order valence-corrected chi connectivity index (χ4v) is 2.54. The fraction of sp³-hybridized carbons (Fsp3) is 0.438. The summed E-state index contributed by atoms with van der Waals surface area (Å²) in [6.07, 6.45) is -0.745. The first-order valence-electron chi connectivity index (χ1n) is 7.20. The minimum Gasteiger partial charge on any atom is -0.380 e. The van der Waals surface area contributed by atoms with Crippen LogP contribution >= 0.6 is 0 Å². The van der Waals surface area contributed by atoms with Crippen molar-refractivity contribution in [2.24, 2.45) is 7.05 Å². The van der Waals surface area contributed by atoms with Crippen LogP contribution in [0.2, 0.25) is 0 Å². The summed E-state index contributed by atoms with van der Waals surface area (Å²) < 4.78 is 41.3. The molecule has 0 saturated carbocycles. The molecule has 0 aliphatic heterocycles. The smallest absolute Gasteiger partial charge is 0.380 e. The van der Waals surface area contributed by atoms with Gasteiger partial charge in [-0.1, -0.05) is 25.5 Å². The molecule has 2 rings (SSSR count). The number of halogens is 3. The van der Waals surface area contributed by atoms with Crippen molar-refractivity contribution in [3.8, 4) is 0 Å². The highest BCUT2D eigenvalue weighted by molar-refractivity contribution is 5.40. The minimum absolute atomic E-state index is 0.160. The van der Waals surface area contributed by atoms with Gasteiger partial charge in [-0.3, -0.25) is 0 Å². The van der Waals surface area contributed by atoms with Gasteiger partial charge in [0, 0.05) is 19.4 Å². The topological polar surface area (TPSA) is 38.1 Å². The Morgan fingerprint density at radius 1 is 1.32 bits per heavy atom. The molecule has 0 fully saturated rings. The van der Waals surface area contributed by atoms with Crippen LogP contribution in [0.5, 0.6) is 0 Å². The van der Waals surface area contributed by atoms with E-state index in [0.29, 0.717) is 12.2 Å². The SMILES string of the molecule is CCCCc1c(C(O)c2nccn2C)cccc1C(F)(F)F. The molecule has 0 amide bonds. The van der Waals surface area contributed by atoms with Crippen molar-refractivity contribution in [2.45, 2.75) is 38.5 Å². The predicted molar refractivity (Wildman–Crippen MR) is 77.3 cm³/mol. The van der Waals surface area contributed by atoms with E-state index in [1.807, 2.05) is 6.92 Å². The van der Waals surface area contributed by atoms with E-state index in [4.69, 9.17) is 0 Å². The first kappa shape index (κ1) is 16.5. The third kappa shape index (κ3) is 3.32. The molecule has 0 radical (unpaired) electrons. The van der Waals surface area contributed by atoms with Crippen LogP contribution in [0.4, 0.5) is 13.2 Å². The number of benzene rings is 1. The van der Waals surface area contributed by atoms with E-state index in [1.54, 1.807) is 23.9 Å². The van der Waals surface area contributed by atoms with Gasteiger partial charge in [-0.25, -0.2) is 4.98 Å². The van der Waals surface area contributed by atoms with Crippen molar-refractivity contribution in [1.82, 2.24) is 9.55 Å². The molecule has 0 spiro atoms. The summed E-state index contributed by atoms with van der Waals surface area (Å²) in [6.45, 7) is 1.92. The van der Waals surface area contributed by atoms with E-state index in [2.05, 4.69) is 4.98 Å². The van der Waals surface area contributed by atoms with Crippen LogP contribution in [0.3, 0.4) is 0 Å². The molecule has 1 aromatic carbocycles. The van der Waals surface area contributed by atoms with Gasteiger partial charge in [-0.15, -0.1) is 0 Å². The van der Waals surface area contributed by atoms with E-state index < -0.39 is 17.8 Å². The largest absolute Gasteiger partial charge is 0.416 e. The molecular formula is C16H19F3N2O. The van der Waals surface area contributed by atoms with E-state index in [1.165, 1.54) is 12.3 Å². The first-order chi connectivity index (χ1) is 10.4. The Kier molecular flexibility index (Phi) is 4.90. The van der Waals surface area contributed by atoms with Crippen molar-refractivity contribution >= 4 is 0 Å². The quantitative estimate of drug-likeness (QED) is 0.910. The average Bonchev–Trinajstić information content (AvgIpc) is 2.89. The molecule has 1 unspecified atom stereocenters. The van der Waals surface area contributed by atoms with Crippen molar-refractivity contribution in [1.29, 1.82) is 0 Å². The molecule has 0 bridgehead atoms. The van der Waals surface area contributed by atoms with E-state index in [0.717, 1.165) is 12.5 Å². The molecule has 1 atom stereocenters. The van der Waals surface area contributed by atoms with Gasteiger partial charge in [-0.05, 0) is 30.0 Å². The molecule has 1 heterocycles.